The van der Waals surface area contributed by atoms with E-state index in [-0.39, 0.29) is 5.91 Å². The summed E-state index contributed by atoms with van der Waals surface area (Å²) in [4.78, 5) is 11.2. The van der Waals surface area contributed by atoms with Crippen molar-refractivity contribution in [1.82, 2.24) is 0 Å². The highest BCUT2D eigenvalue weighted by molar-refractivity contribution is 6.31. The SMILES string of the molecule is CC(=O)Nc1cc(Cl)ccc1-c1ccccc1. The summed E-state index contributed by atoms with van der Waals surface area (Å²) < 4.78 is 0. The highest BCUT2D eigenvalue weighted by Crippen LogP contribution is 2.30. The van der Waals surface area contributed by atoms with Crippen LogP contribution in [0.15, 0.2) is 48.5 Å². The van der Waals surface area contributed by atoms with Gasteiger partial charge in [0.05, 0.1) is 5.69 Å². The van der Waals surface area contributed by atoms with Crippen LogP contribution in [0.25, 0.3) is 11.1 Å². The number of rotatable bonds is 2. The summed E-state index contributed by atoms with van der Waals surface area (Å²) in [5.41, 5.74) is 2.74. The first-order valence-corrected chi connectivity index (χ1v) is 5.67. The Morgan fingerprint density at radius 2 is 1.82 bits per heavy atom. The van der Waals surface area contributed by atoms with Crippen LogP contribution in [0.1, 0.15) is 6.92 Å². The first-order valence-electron chi connectivity index (χ1n) is 5.29. The van der Waals surface area contributed by atoms with E-state index in [1.165, 1.54) is 6.92 Å². The summed E-state index contributed by atoms with van der Waals surface area (Å²) >= 11 is 5.94. The lowest BCUT2D eigenvalue weighted by molar-refractivity contribution is -0.114. The van der Waals surface area contributed by atoms with E-state index in [0.717, 1.165) is 16.8 Å². The molecule has 0 atom stereocenters. The number of hydrogen-bond donors (Lipinski definition) is 1. The standard InChI is InChI=1S/C14H12ClNO/c1-10(17)16-14-9-12(15)7-8-13(14)11-5-3-2-4-6-11/h2-9H,1H3,(H,16,17). The molecule has 0 saturated carbocycles. The van der Waals surface area contributed by atoms with Gasteiger partial charge in [0, 0.05) is 17.5 Å². The van der Waals surface area contributed by atoms with E-state index in [9.17, 15) is 4.79 Å². The van der Waals surface area contributed by atoms with Crippen molar-refractivity contribution in [3.05, 3.63) is 53.6 Å². The molecule has 0 fully saturated rings. The number of benzene rings is 2. The third kappa shape index (κ3) is 2.86. The highest BCUT2D eigenvalue weighted by Gasteiger charge is 2.06. The Labute approximate surface area is 105 Å². The molecule has 2 aromatic rings. The molecule has 17 heavy (non-hydrogen) atoms. The fourth-order valence-corrected chi connectivity index (χ4v) is 1.85. The Morgan fingerprint density at radius 1 is 1.12 bits per heavy atom. The van der Waals surface area contributed by atoms with Gasteiger partial charge in [0.2, 0.25) is 5.91 Å². The molecule has 2 rings (SSSR count). The average molecular weight is 246 g/mol. The molecule has 0 unspecified atom stereocenters. The molecule has 1 N–H and O–H groups in total. The zero-order chi connectivity index (χ0) is 12.3. The second-order valence-corrected chi connectivity index (χ2v) is 4.17. The third-order valence-corrected chi connectivity index (χ3v) is 2.61. The van der Waals surface area contributed by atoms with E-state index in [4.69, 9.17) is 11.6 Å². The summed E-state index contributed by atoms with van der Waals surface area (Å²) in [6, 6.07) is 15.3. The van der Waals surface area contributed by atoms with Crippen LogP contribution in [-0.4, -0.2) is 5.91 Å². The summed E-state index contributed by atoms with van der Waals surface area (Å²) in [7, 11) is 0. The molecule has 0 radical (unpaired) electrons. The van der Waals surface area contributed by atoms with Crippen molar-refractivity contribution in [2.45, 2.75) is 6.92 Å². The Kier molecular flexibility index (Phi) is 3.45. The van der Waals surface area contributed by atoms with E-state index in [2.05, 4.69) is 5.32 Å². The van der Waals surface area contributed by atoms with Gasteiger partial charge in [0.15, 0.2) is 0 Å². The van der Waals surface area contributed by atoms with E-state index < -0.39 is 0 Å². The van der Waals surface area contributed by atoms with Gasteiger partial charge in [-0.3, -0.25) is 4.79 Å². The molecular weight excluding hydrogens is 234 g/mol. The van der Waals surface area contributed by atoms with Crippen molar-refractivity contribution in [2.24, 2.45) is 0 Å². The summed E-state index contributed by atoms with van der Waals surface area (Å²) in [5, 5.41) is 3.39. The van der Waals surface area contributed by atoms with Gasteiger partial charge < -0.3 is 5.32 Å². The minimum absolute atomic E-state index is 0.107. The molecule has 1 amide bonds. The number of amides is 1. The lowest BCUT2D eigenvalue weighted by atomic mass is 10.0. The molecule has 0 aromatic heterocycles. The molecular formula is C14H12ClNO. The first-order chi connectivity index (χ1) is 8.16. The smallest absolute Gasteiger partial charge is 0.221 e. The van der Waals surface area contributed by atoms with Crippen LogP contribution in [0.2, 0.25) is 5.02 Å². The molecule has 0 heterocycles. The van der Waals surface area contributed by atoms with E-state index >= 15 is 0 Å². The van der Waals surface area contributed by atoms with Crippen molar-refractivity contribution >= 4 is 23.2 Å². The second-order valence-electron chi connectivity index (χ2n) is 3.74. The Bertz CT molecular complexity index is 537. The van der Waals surface area contributed by atoms with Crippen molar-refractivity contribution in [3.8, 4) is 11.1 Å². The Morgan fingerprint density at radius 3 is 2.47 bits per heavy atom. The quantitative estimate of drug-likeness (QED) is 0.852. The summed E-state index contributed by atoms with van der Waals surface area (Å²) in [6.45, 7) is 1.48. The molecule has 0 bridgehead atoms. The van der Waals surface area contributed by atoms with E-state index in [1.807, 2.05) is 42.5 Å². The molecule has 0 aliphatic rings. The van der Waals surface area contributed by atoms with Crippen molar-refractivity contribution in [3.63, 3.8) is 0 Å². The highest BCUT2D eigenvalue weighted by atomic mass is 35.5. The van der Waals surface area contributed by atoms with Crippen LogP contribution >= 0.6 is 11.6 Å². The topological polar surface area (TPSA) is 29.1 Å². The van der Waals surface area contributed by atoms with Crippen molar-refractivity contribution in [1.29, 1.82) is 0 Å². The van der Waals surface area contributed by atoms with E-state index in [0.29, 0.717) is 5.02 Å². The molecule has 0 spiro atoms. The molecule has 0 aliphatic heterocycles. The number of carbonyl (C=O) groups is 1. The third-order valence-electron chi connectivity index (χ3n) is 2.38. The van der Waals surface area contributed by atoms with Crippen LogP contribution in [0, 0.1) is 0 Å². The van der Waals surface area contributed by atoms with Gasteiger partial charge in [0.1, 0.15) is 0 Å². The second kappa shape index (κ2) is 5.02. The Hall–Kier alpha value is -1.80. The Balaban J connectivity index is 2.50. The molecule has 0 saturated heterocycles. The zero-order valence-electron chi connectivity index (χ0n) is 9.41. The van der Waals surface area contributed by atoms with Crippen LogP contribution in [0.3, 0.4) is 0 Å². The molecule has 2 nitrogen and oxygen atoms in total. The first kappa shape index (κ1) is 11.7. The van der Waals surface area contributed by atoms with Gasteiger partial charge >= 0.3 is 0 Å². The summed E-state index contributed by atoms with van der Waals surface area (Å²) in [5.74, 6) is -0.107. The fraction of sp³-hybridized carbons (Fsp3) is 0.0714. The van der Waals surface area contributed by atoms with Gasteiger partial charge in [-0.1, -0.05) is 48.0 Å². The largest absolute Gasteiger partial charge is 0.326 e. The monoisotopic (exact) mass is 245 g/mol. The number of hydrogen-bond acceptors (Lipinski definition) is 1. The fourth-order valence-electron chi connectivity index (χ4n) is 1.68. The van der Waals surface area contributed by atoms with Gasteiger partial charge in [-0.15, -0.1) is 0 Å². The normalized spacial score (nSPS) is 10.0. The van der Waals surface area contributed by atoms with Gasteiger partial charge in [-0.25, -0.2) is 0 Å². The zero-order valence-corrected chi connectivity index (χ0v) is 10.2. The molecule has 3 heteroatoms. The predicted molar refractivity (Wildman–Crippen MR) is 71.2 cm³/mol. The van der Waals surface area contributed by atoms with Gasteiger partial charge in [0.25, 0.3) is 0 Å². The minimum Gasteiger partial charge on any atom is -0.326 e. The predicted octanol–water partition coefficient (Wildman–Crippen LogP) is 3.97. The molecule has 2 aromatic carbocycles. The van der Waals surface area contributed by atoms with Gasteiger partial charge in [-0.2, -0.15) is 0 Å². The number of nitrogens with one attached hydrogen (secondary N) is 1. The maximum absolute atomic E-state index is 11.2. The van der Waals surface area contributed by atoms with Gasteiger partial charge in [-0.05, 0) is 17.7 Å². The van der Waals surface area contributed by atoms with Crippen molar-refractivity contribution < 1.29 is 4.79 Å². The van der Waals surface area contributed by atoms with Crippen LogP contribution in [-0.2, 0) is 4.79 Å². The van der Waals surface area contributed by atoms with Crippen LogP contribution < -0.4 is 5.32 Å². The number of halogens is 1. The van der Waals surface area contributed by atoms with Crippen LogP contribution in [0.5, 0.6) is 0 Å². The molecule has 0 aliphatic carbocycles. The minimum atomic E-state index is -0.107. The number of carbonyl (C=O) groups excluding carboxylic acids is 1. The van der Waals surface area contributed by atoms with E-state index in [1.54, 1.807) is 6.07 Å². The number of anilines is 1. The summed E-state index contributed by atoms with van der Waals surface area (Å²) in [6.07, 6.45) is 0. The lowest BCUT2D eigenvalue weighted by Gasteiger charge is -2.10. The average Bonchev–Trinajstić information content (AvgIpc) is 2.29. The van der Waals surface area contributed by atoms with Crippen molar-refractivity contribution in [2.75, 3.05) is 5.32 Å². The van der Waals surface area contributed by atoms with Crippen LogP contribution in [0.4, 0.5) is 5.69 Å². The maximum atomic E-state index is 11.2. The molecule has 86 valence electrons. The lowest BCUT2D eigenvalue weighted by Crippen LogP contribution is -2.06. The maximum Gasteiger partial charge on any atom is 0.221 e.